The van der Waals surface area contributed by atoms with Crippen molar-refractivity contribution >= 4 is 29.6 Å². The minimum absolute atomic E-state index is 0.129. The fraction of sp³-hybridized carbons (Fsp3) is 0.235. The minimum atomic E-state index is -0.748. The fourth-order valence-corrected chi connectivity index (χ4v) is 2.21. The SMILES string of the molecule is CC(C)C(NC(=O)c1ccccc1Cl)C(=O)NN=Cc1ccco1. The van der Waals surface area contributed by atoms with Gasteiger partial charge in [-0.3, -0.25) is 9.59 Å². The van der Waals surface area contributed by atoms with Crippen LogP contribution in [0.4, 0.5) is 0 Å². The van der Waals surface area contributed by atoms with Crippen LogP contribution in [-0.4, -0.2) is 24.1 Å². The first-order valence-corrected chi connectivity index (χ1v) is 7.78. The van der Waals surface area contributed by atoms with Gasteiger partial charge in [0.05, 0.1) is 23.1 Å². The van der Waals surface area contributed by atoms with Gasteiger partial charge < -0.3 is 9.73 Å². The molecular weight excluding hydrogens is 330 g/mol. The summed E-state index contributed by atoms with van der Waals surface area (Å²) in [5.41, 5.74) is 2.71. The molecule has 0 bridgehead atoms. The van der Waals surface area contributed by atoms with E-state index < -0.39 is 17.9 Å². The van der Waals surface area contributed by atoms with Gasteiger partial charge in [-0.05, 0) is 30.2 Å². The van der Waals surface area contributed by atoms with E-state index in [1.807, 2.05) is 13.8 Å². The van der Waals surface area contributed by atoms with Gasteiger partial charge in [-0.1, -0.05) is 37.6 Å². The Morgan fingerprint density at radius 3 is 2.58 bits per heavy atom. The molecular formula is C17H18ClN3O3. The van der Waals surface area contributed by atoms with Crippen LogP contribution < -0.4 is 10.7 Å². The van der Waals surface area contributed by atoms with Crippen LogP contribution in [0.25, 0.3) is 0 Å². The zero-order chi connectivity index (χ0) is 17.5. The van der Waals surface area contributed by atoms with Gasteiger partial charge in [-0.25, -0.2) is 5.43 Å². The molecule has 0 spiro atoms. The summed E-state index contributed by atoms with van der Waals surface area (Å²) in [7, 11) is 0. The quantitative estimate of drug-likeness (QED) is 0.622. The predicted octanol–water partition coefficient (Wildman–Crippen LogP) is 2.84. The van der Waals surface area contributed by atoms with Crippen molar-refractivity contribution in [3.8, 4) is 0 Å². The lowest BCUT2D eigenvalue weighted by atomic mass is 10.0. The van der Waals surface area contributed by atoms with E-state index in [0.717, 1.165) is 0 Å². The van der Waals surface area contributed by atoms with Gasteiger partial charge >= 0.3 is 0 Å². The number of furan rings is 1. The van der Waals surface area contributed by atoms with Crippen LogP contribution in [-0.2, 0) is 4.79 Å². The van der Waals surface area contributed by atoms with Gasteiger partial charge in [-0.15, -0.1) is 0 Å². The molecule has 1 atom stereocenters. The second kappa shape index (κ2) is 8.31. The van der Waals surface area contributed by atoms with Crippen LogP contribution in [0.3, 0.4) is 0 Å². The molecule has 2 amide bonds. The van der Waals surface area contributed by atoms with Gasteiger partial charge in [0.25, 0.3) is 11.8 Å². The molecule has 2 aromatic rings. The van der Waals surface area contributed by atoms with Crippen molar-refractivity contribution < 1.29 is 14.0 Å². The highest BCUT2D eigenvalue weighted by atomic mass is 35.5. The summed E-state index contributed by atoms with van der Waals surface area (Å²) in [5.74, 6) is -0.454. The first kappa shape index (κ1) is 17.7. The number of nitrogens with one attached hydrogen (secondary N) is 2. The van der Waals surface area contributed by atoms with Crippen LogP contribution in [0.2, 0.25) is 5.02 Å². The molecule has 7 heteroatoms. The number of rotatable bonds is 6. The first-order valence-electron chi connectivity index (χ1n) is 7.41. The Morgan fingerprint density at radius 1 is 1.21 bits per heavy atom. The third-order valence-corrected chi connectivity index (χ3v) is 3.59. The third-order valence-electron chi connectivity index (χ3n) is 3.26. The van der Waals surface area contributed by atoms with Gasteiger partial charge in [0.15, 0.2) is 0 Å². The largest absolute Gasteiger partial charge is 0.463 e. The molecule has 2 rings (SSSR count). The number of amides is 2. The molecule has 24 heavy (non-hydrogen) atoms. The Kier molecular flexibility index (Phi) is 6.14. The molecule has 1 unspecified atom stereocenters. The van der Waals surface area contributed by atoms with E-state index in [0.29, 0.717) is 16.3 Å². The van der Waals surface area contributed by atoms with Crippen molar-refractivity contribution in [2.75, 3.05) is 0 Å². The summed E-state index contributed by atoms with van der Waals surface area (Å²) in [5, 5.41) is 6.83. The Balaban J connectivity index is 2.02. The van der Waals surface area contributed by atoms with Crippen LogP contribution in [0.5, 0.6) is 0 Å². The van der Waals surface area contributed by atoms with Gasteiger partial charge in [0.1, 0.15) is 11.8 Å². The molecule has 126 valence electrons. The number of nitrogens with zero attached hydrogens (tertiary/aromatic N) is 1. The summed E-state index contributed by atoms with van der Waals surface area (Å²) in [6.45, 7) is 3.65. The average molecular weight is 348 g/mol. The third kappa shape index (κ3) is 4.70. The van der Waals surface area contributed by atoms with Crippen molar-refractivity contribution in [3.05, 3.63) is 59.0 Å². The minimum Gasteiger partial charge on any atom is -0.463 e. The molecule has 1 aromatic heterocycles. The molecule has 0 radical (unpaired) electrons. The highest BCUT2D eigenvalue weighted by Crippen LogP contribution is 2.15. The van der Waals surface area contributed by atoms with Gasteiger partial charge in [-0.2, -0.15) is 5.10 Å². The fourth-order valence-electron chi connectivity index (χ4n) is 1.99. The van der Waals surface area contributed by atoms with Crippen LogP contribution >= 0.6 is 11.6 Å². The molecule has 0 saturated carbocycles. The molecule has 0 aliphatic rings. The normalized spacial score (nSPS) is 12.3. The smallest absolute Gasteiger partial charge is 0.262 e. The number of benzene rings is 1. The lowest BCUT2D eigenvalue weighted by molar-refractivity contribution is -0.123. The van der Waals surface area contributed by atoms with Crippen LogP contribution in [0, 0.1) is 5.92 Å². The standard InChI is InChI=1S/C17H18ClN3O3/c1-11(2)15(17(23)21-19-10-12-6-5-9-24-12)20-16(22)13-7-3-4-8-14(13)18/h3-11,15H,1-2H3,(H,20,22)(H,21,23). The average Bonchev–Trinajstić information content (AvgIpc) is 3.05. The molecule has 0 fully saturated rings. The summed E-state index contributed by atoms with van der Waals surface area (Å²) >= 11 is 6.01. The number of hydrogen-bond donors (Lipinski definition) is 2. The van der Waals surface area contributed by atoms with E-state index in [1.54, 1.807) is 36.4 Å². The van der Waals surface area contributed by atoms with E-state index in [2.05, 4.69) is 15.8 Å². The van der Waals surface area contributed by atoms with E-state index in [4.69, 9.17) is 16.0 Å². The molecule has 2 N–H and O–H groups in total. The van der Waals surface area contributed by atoms with Crippen molar-refractivity contribution in [2.24, 2.45) is 11.0 Å². The van der Waals surface area contributed by atoms with Crippen LogP contribution in [0.15, 0.2) is 52.2 Å². The molecule has 0 aliphatic heterocycles. The van der Waals surface area contributed by atoms with Gasteiger partial charge in [0, 0.05) is 0 Å². The lowest BCUT2D eigenvalue weighted by Gasteiger charge is -2.20. The van der Waals surface area contributed by atoms with Crippen LogP contribution in [0.1, 0.15) is 30.0 Å². The Bertz CT molecular complexity index is 726. The number of hydrogen-bond acceptors (Lipinski definition) is 4. The maximum atomic E-state index is 12.3. The van der Waals surface area contributed by atoms with E-state index >= 15 is 0 Å². The highest BCUT2D eigenvalue weighted by Gasteiger charge is 2.25. The summed E-state index contributed by atoms with van der Waals surface area (Å²) in [6.07, 6.45) is 2.88. The molecule has 0 aliphatic carbocycles. The Morgan fingerprint density at radius 2 is 1.96 bits per heavy atom. The zero-order valence-corrected chi connectivity index (χ0v) is 14.1. The number of halogens is 1. The van der Waals surface area contributed by atoms with Crippen molar-refractivity contribution in [2.45, 2.75) is 19.9 Å². The van der Waals surface area contributed by atoms with Crippen molar-refractivity contribution in [1.29, 1.82) is 0 Å². The molecule has 0 saturated heterocycles. The number of hydrazone groups is 1. The molecule has 1 aromatic carbocycles. The van der Waals surface area contributed by atoms with E-state index in [9.17, 15) is 9.59 Å². The summed E-state index contributed by atoms with van der Waals surface area (Å²) < 4.78 is 5.07. The Hall–Kier alpha value is -2.60. The second-order valence-electron chi connectivity index (χ2n) is 5.42. The van der Waals surface area contributed by atoms with Crippen molar-refractivity contribution in [1.82, 2.24) is 10.7 Å². The molecule has 1 heterocycles. The summed E-state index contributed by atoms with van der Waals surface area (Å²) in [6, 6.07) is 9.33. The zero-order valence-electron chi connectivity index (χ0n) is 13.3. The molecule has 6 nitrogen and oxygen atoms in total. The maximum Gasteiger partial charge on any atom is 0.262 e. The lowest BCUT2D eigenvalue weighted by Crippen LogP contribution is -2.48. The monoisotopic (exact) mass is 347 g/mol. The highest BCUT2D eigenvalue weighted by molar-refractivity contribution is 6.33. The first-order chi connectivity index (χ1) is 11.5. The topological polar surface area (TPSA) is 83.7 Å². The maximum absolute atomic E-state index is 12.3. The van der Waals surface area contributed by atoms with E-state index in [1.165, 1.54) is 12.5 Å². The van der Waals surface area contributed by atoms with Gasteiger partial charge in [0.2, 0.25) is 0 Å². The summed E-state index contributed by atoms with van der Waals surface area (Å²) in [4.78, 5) is 24.6. The van der Waals surface area contributed by atoms with Crippen molar-refractivity contribution in [3.63, 3.8) is 0 Å². The number of carbonyl (C=O) groups excluding carboxylic acids is 2. The Labute approximate surface area is 144 Å². The van der Waals surface area contributed by atoms with E-state index in [-0.39, 0.29) is 5.92 Å². The number of carbonyl (C=O) groups is 2. The predicted molar refractivity (Wildman–Crippen MR) is 92.0 cm³/mol. The second-order valence-corrected chi connectivity index (χ2v) is 5.83.